The van der Waals surface area contributed by atoms with E-state index in [2.05, 4.69) is 0 Å². The van der Waals surface area contributed by atoms with Gasteiger partial charge in [0.15, 0.2) is 0 Å². The van der Waals surface area contributed by atoms with Gasteiger partial charge in [0.05, 0.1) is 11.6 Å². The molecule has 0 atom stereocenters. The van der Waals surface area contributed by atoms with Gasteiger partial charge in [0.1, 0.15) is 10.6 Å². The zero-order chi connectivity index (χ0) is 20.9. The van der Waals surface area contributed by atoms with Crippen LogP contribution in [0, 0.1) is 0 Å². The van der Waals surface area contributed by atoms with Crippen LogP contribution in [0.3, 0.4) is 0 Å². The maximum absolute atomic E-state index is 12.8. The Morgan fingerprint density at radius 2 is 1.72 bits per heavy atom. The first-order chi connectivity index (χ1) is 13.9. The van der Waals surface area contributed by atoms with Gasteiger partial charge in [0.25, 0.3) is 0 Å². The van der Waals surface area contributed by atoms with E-state index in [9.17, 15) is 13.2 Å². The van der Waals surface area contributed by atoms with Crippen molar-refractivity contribution in [1.29, 1.82) is 0 Å². The van der Waals surface area contributed by atoms with Crippen LogP contribution in [0.5, 0.6) is 5.75 Å². The smallest absolute Gasteiger partial charge is 0.246 e. The molecular weight excluding hydrogens is 412 g/mol. The maximum atomic E-state index is 12.8. The molecule has 3 rings (SSSR count). The Balaban J connectivity index is 1.64. The van der Waals surface area contributed by atoms with E-state index in [1.54, 1.807) is 29.2 Å². The van der Waals surface area contributed by atoms with E-state index in [0.717, 1.165) is 11.3 Å². The van der Waals surface area contributed by atoms with Crippen molar-refractivity contribution in [2.24, 2.45) is 0 Å². The number of para-hydroxylation sites is 1. The first-order valence-electron chi connectivity index (χ1n) is 9.37. The molecule has 0 radical (unpaired) electrons. The molecule has 0 spiro atoms. The van der Waals surface area contributed by atoms with E-state index in [1.165, 1.54) is 16.4 Å². The molecule has 1 aliphatic rings. The zero-order valence-corrected chi connectivity index (χ0v) is 17.7. The topological polar surface area (TPSA) is 66.9 Å². The third-order valence-electron chi connectivity index (χ3n) is 4.63. The molecule has 2 aromatic rings. The van der Waals surface area contributed by atoms with Gasteiger partial charge < -0.3 is 9.64 Å². The number of carbonyl (C=O) groups excluding carboxylic acids is 1. The molecule has 1 aliphatic heterocycles. The molecule has 154 valence electrons. The Morgan fingerprint density at radius 1 is 1.07 bits per heavy atom. The van der Waals surface area contributed by atoms with Crippen LogP contribution >= 0.6 is 11.6 Å². The summed E-state index contributed by atoms with van der Waals surface area (Å²) in [5.41, 5.74) is 0.822. The standard InChI is InChI=1S/C21H23ClN2O4S/c1-2-28-19-9-5-3-7-17(19)11-12-21(25)23-13-15-24(16-14-23)29(26,27)20-10-6-4-8-18(20)22/h3-12H,2,13-16H2,1H3/b12-11+. The number of hydrogen-bond acceptors (Lipinski definition) is 4. The summed E-state index contributed by atoms with van der Waals surface area (Å²) in [6.07, 6.45) is 3.22. The van der Waals surface area contributed by atoms with Gasteiger partial charge in [0.2, 0.25) is 15.9 Å². The van der Waals surface area contributed by atoms with Gasteiger partial charge in [-0.25, -0.2) is 8.42 Å². The number of ether oxygens (including phenoxy) is 1. The second-order valence-corrected chi connectivity index (χ2v) is 8.78. The van der Waals surface area contributed by atoms with Gasteiger partial charge in [-0.15, -0.1) is 0 Å². The quantitative estimate of drug-likeness (QED) is 0.654. The molecule has 1 saturated heterocycles. The highest BCUT2D eigenvalue weighted by atomic mass is 35.5. The minimum Gasteiger partial charge on any atom is -0.493 e. The third-order valence-corrected chi connectivity index (χ3v) is 7.03. The van der Waals surface area contributed by atoms with Gasteiger partial charge in [-0.05, 0) is 31.2 Å². The minimum atomic E-state index is -3.68. The largest absolute Gasteiger partial charge is 0.493 e. The third kappa shape index (κ3) is 4.98. The molecule has 0 aromatic heterocycles. The fourth-order valence-corrected chi connectivity index (χ4v) is 5.03. The van der Waals surface area contributed by atoms with Crippen molar-refractivity contribution in [3.8, 4) is 5.75 Å². The van der Waals surface area contributed by atoms with Crippen LogP contribution in [0.4, 0.5) is 0 Å². The second kappa shape index (κ2) is 9.43. The number of halogens is 1. The lowest BCUT2D eigenvalue weighted by Gasteiger charge is -2.33. The van der Waals surface area contributed by atoms with Crippen molar-refractivity contribution in [3.63, 3.8) is 0 Å². The van der Waals surface area contributed by atoms with Crippen LogP contribution in [-0.2, 0) is 14.8 Å². The van der Waals surface area contributed by atoms with Gasteiger partial charge >= 0.3 is 0 Å². The number of carbonyl (C=O) groups is 1. The molecule has 29 heavy (non-hydrogen) atoms. The van der Waals surface area contributed by atoms with E-state index in [-0.39, 0.29) is 28.9 Å². The first-order valence-corrected chi connectivity index (χ1v) is 11.2. The monoisotopic (exact) mass is 434 g/mol. The summed E-state index contributed by atoms with van der Waals surface area (Å²) in [4.78, 5) is 14.3. The summed E-state index contributed by atoms with van der Waals surface area (Å²) in [6.45, 7) is 3.54. The lowest BCUT2D eigenvalue weighted by molar-refractivity contribution is -0.127. The Kier molecular flexibility index (Phi) is 6.95. The highest BCUT2D eigenvalue weighted by Crippen LogP contribution is 2.25. The van der Waals surface area contributed by atoms with Crippen molar-refractivity contribution in [3.05, 3.63) is 65.2 Å². The SMILES string of the molecule is CCOc1ccccc1/C=C/C(=O)N1CCN(S(=O)(=O)c2ccccc2Cl)CC1. The highest BCUT2D eigenvalue weighted by Gasteiger charge is 2.30. The summed E-state index contributed by atoms with van der Waals surface area (Å²) in [6, 6.07) is 13.9. The molecule has 1 heterocycles. The van der Waals surface area contributed by atoms with Crippen molar-refractivity contribution in [2.45, 2.75) is 11.8 Å². The molecule has 0 bridgehead atoms. The van der Waals surface area contributed by atoms with Gasteiger partial charge in [-0.2, -0.15) is 4.31 Å². The molecular formula is C21H23ClN2O4S. The fourth-order valence-electron chi connectivity index (χ4n) is 3.11. The lowest BCUT2D eigenvalue weighted by atomic mass is 10.2. The number of sulfonamides is 1. The molecule has 0 aliphatic carbocycles. The maximum Gasteiger partial charge on any atom is 0.246 e. The zero-order valence-electron chi connectivity index (χ0n) is 16.1. The molecule has 2 aromatic carbocycles. The van der Waals surface area contributed by atoms with E-state index in [0.29, 0.717) is 19.7 Å². The Bertz CT molecular complexity index is 999. The summed E-state index contributed by atoms with van der Waals surface area (Å²) >= 11 is 6.05. The van der Waals surface area contributed by atoms with E-state index < -0.39 is 10.0 Å². The van der Waals surface area contributed by atoms with Crippen molar-refractivity contribution in [1.82, 2.24) is 9.21 Å². The number of amides is 1. The molecule has 0 N–H and O–H groups in total. The fraction of sp³-hybridized carbons (Fsp3) is 0.286. The Labute approximate surface area is 176 Å². The van der Waals surface area contributed by atoms with Gasteiger partial charge in [0, 0.05) is 37.8 Å². The number of hydrogen-bond donors (Lipinski definition) is 0. The van der Waals surface area contributed by atoms with Crippen LogP contribution in [0.25, 0.3) is 6.08 Å². The molecule has 8 heteroatoms. The molecule has 1 fully saturated rings. The summed E-state index contributed by atoms with van der Waals surface area (Å²) in [5, 5.41) is 0.196. The Morgan fingerprint density at radius 3 is 2.41 bits per heavy atom. The predicted octanol–water partition coefficient (Wildman–Crippen LogP) is 3.29. The summed E-state index contributed by atoms with van der Waals surface area (Å²) in [5.74, 6) is 0.556. The average Bonchev–Trinajstić information content (AvgIpc) is 2.73. The molecule has 0 unspecified atom stereocenters. The van der Waals surface area contributed by atoms with Crippen LogP contribution in [0.1, 0.15) is 12.5 Å². The van der Waals surface area contributed by atoms with E-state index in [4.69, 9.17) is 16.3 Å². The van der Waals surface area contributed by atoms with Crippen LogP contribution in [-0.4, -0.2) is 56.3 Å². The molecule has 0 saturated carbocycles. The van der Waals surface area contributed by atoms with Crippen molar-refractivity contribution >= 4 is 33.6 Å². The average molecular weight is 435 g/mol. The van der Waals surface area contributed by atoms with Crippen molar-refractivity contribution < 1.29 is 17.9 Å². The van der Waals surface area contributed by atoms with Crippen LogP contribution < -0.4 is 4.74 Å². The Hall–Kier alpha value is -2.35. The second-order valence-electron chi connectivity index (χ2n) is 6.46. The van der Waals surface area contributed by atoms with E-state index in [1.807, 2.05) is 31.2 Å². The minimum absolute atomic E-state index is 0.0915. The van der Waals surface area contributed by atoms with Crippen LogP contribution in [0.15, 0.2) is 59.5 Å². The number of rotatable bonds is 6. The normalized spacial score (nSPS) is 15.6. The molecule has 6 nitrogen and oxygen atoms in total. The van der Waals surface area contributed by atoms with E-state index >= 15 is 0 Å². The number of nitrogens with zero attached hydrogens (tertiary/aromatic N) is 2. The van der Waals surface area contributed by atoms with Gasteiger partial charge in [-0.3, -0.25) is 4.79 Å². The van der Waals surface area contributed by atoms with Crippen LogP contribution in [0.2, 0.25) is 5.02 Å². The molecule has 1 amide bonds. The predicted molar refractivity (Wildman–Crippen MR) is 113 cm³/mol. The highest BCUT2D eigenvalue weighted by molar-refractivity contribution is 7.89. The summed E-state index contributed by atoms with van der Waals surface area (Å²) in [7, 11) is -3.68. The van der Waals surface area contributed by atoms with Gasteiger partial charge in [-0.1, -0.05) is 41.9 Å². The summed E-state index contributed by atoms with van der Waals surface area (Å²) < 4.78 is 32.5. The number of piperazine rings is 1. The first kappa shape index (κ1) is 21.4. The number of benzene rings is 2. The lowest BCUT2D eigenvalue weighted by Crippen LogP contribution is -2.50. The van der Waals surface area contributed by atoms with Crippen molar-refractivity contribution in [2.75, 3.05) is 32.8 Å².